The molecule has 2 aromatic rings. The second-order valence-corrected chi connectivity index (χ2v) is 3.66. The highest BCUT2D eigenvalue weighted by atomic mass is 19.1. The lowest BCUT2D eigenvalue weighted by Gasteiger charge is -2.05. The Morgan fingerprint density at radius 1 is 0.650 bits per heavy atom. The van der Waals surface area contributed by atoms with Crippen LogP contribution in [0.15, 0.2) is 42.5 Å². The Bertz CT molecular complexity index is 527. The molecule has 0 N–H and O–H groups in total. The number of rotatable bonds is 3. The molecule has 2 rings (SSSR count). The second-order valence-electron chi connectivity index (χ2n) is 3.66. The Hall–Kier alpha value is -2.30. The molecule has 0 aliphatic rings. The molecule has 0 heterocycles. The number of methoxy groups -OCH3 is 3. The summed E-state index contributed by atoms with van der Waals surface area (Å²) in [5.41, 5.74) is 0. The second kappa shape index (κ2) is 7.99. The van der Waals surface area contributed by atoms with E-state index in [1.54, 1.807) is 19.2 Å². The molecule has 0 atom stereocenters. The predicted molar refractivity (Wildman–Crippen MR) is 72.5 cm³/mol. The Morgan fingerprint density at radius 3 is 1.70 bits per heavy atom. The van der Waals surface area contributed by atoms with E-state index >= 15 is 0 Å². The van der Waals surface area contributed by atoms with Crippen LogP contribution in [0.5, 0.6) is 17.2 Å². The standard InChI is InChI=1S/C8H9FO2.C7H7FO/c1-10-7-4-3-6(9)5-8(7)11-2;1-9-7-4-2-6(8)3-5-7/h3-5H,1-2H3;2-5H,1H3. The van der Waals surface area contributed by atoms with Gasteiger partial charge in [-0.25, -0.2) is 8.78 Å². The van der Waals surface area contributed by atoms with Crippen LogP contribution in [-0.4, -0.2) is 21.3 Å². The summed E-state index contributed by atoms with van der Waals surface area (Å²) >= 11 is 0. The molecule has 20 heavy (non-hydrogen) atoms. The fraction of sp³-hybridized carbons (Fsp3) is 0.200. The summed E-state index contributed by atoms with van der Waals surface area (Å²) in [5.74, 6) is 1.05. The Labute approximate surface area is 116 Å². The molecule has 0 spiro atoms. The smallest absolute Gasteiger partial charge is 0.163 e. The third kappa shape index (κ3) is 4.76. The number of ether oxygens (including phenoxy) is 3. The van der Waals surface area contributed by atoms with Crippen LogP contribution < -0.4 is 14.2 Å². The Kier molecular flexibility index (Phi) is 6.29. The maximum Gasteiger partial charge on any atom is 0.163 e. The van der Waals surface area contributed by atoms with Gasteiger partial charge < -0.3 is 14.2 Å². The Morgan fingerprint density at radius 2 is 1.20 bits per heavy atom. The van der Waals surface area contributed by atoms with Crippen molar-refractivity contribution >= 4 is 0 Å². The van der Waals surface area contributed by atoms with Crippen molar-refractivity contribution in [2.45, 2.75) is 0 Å². The van der Waals surface area contributed by atoms with Crippen molar-refractivity contribution in [2.24, 2.45) is 0 Å². The monoisotopic (exact) mass is 282 g/mol. The van der Waals surface area contributed by atoms with E-state index in [0.717, 1.165) is 0 Å². The lowest BCUT2D eigenvalue weighted by atomic mass is 10.3. The summed E-state index contributed by atoms with van der Waals surface area (Å²) in [5, 5.41) is 0. The molecule has 0 saturated carbocycles. The first-order chi connectivity index (χ1) is 9.60. The Balaban J connectivity index is 0.000000204. The molecule has 0 bridgehead atoms. The minimum atomic E-state index is -0.331. The van der Waals surface area contributed by atoms with Crippen LogP contribution in [0.4, 0.5) is 8.78 Å². The van der Waals surface area contributed by atoms with Crippen LogP contribution in [0.2, 0.25) is 0 Å². The number of hydrogen-bond acceptors (Lipinski definition) is 3. The molecule has 2 aromatic carbocycles. The third-order valence-electron chi connectivity index (χ3n) is 2.39. The quantitative estimate of drug-likeness (QED) is 0.859. The van der Waals surface area contributed by atoms with E-state index in [1.165, 1.54) is 44.6 Å². The van der Waals surface area contributed by atoms with E-state index in [9.17, 15) is 8.78 Å². The van der Waals surface area contributed by atoms with E-state index in [1.807, 2.05) is 0 Å². The summed E-state index contributed by atoms with van der Waals surface area (Å²) in [7, 11) is 4.53. The largest absolute Gasteiger partial charge is 0.497 e. The van der Waals surface area contributed by atoms with E-state index < -0.39 is 0 Å². The molecule has 0 aliphatic heterocycles. The summed E-state index contributed by atoms with van der Waals surface area (Å²) in [4.78, 5) is 0. The van der Waals surface area contributed by atoms with Gasteiger partial charge in [0.15, 0.2) is 11.5 Å². The van der Waals surface area contributed by atoms with Gasteiger partial charge in [0.05, 0.1) is 21.3 Å². The van der Waals surface area contributed by atoms with E-state index in [2.05, 4.69) is 0 Å². The molecule has 0 saturated heterocycles. The molecule has 5 heteroatoms. The van der Waals surface area contributed by atoms with Crippen molar-refractivity contribution in [1.29, 1.82) is 0 Å². The number of halogens is 2. The van der Waals surface area contributed by atoms with Crippen LogP contribution in [-0.2, 0) is 0 Å². The molecule has 108 valence electrons. The SMILES string of the molecule is COc1ccc(F)cc1.COc1ccc(F)cc1OC. The van der Waals surface area contributed by atoms with Crippen LogP contribution in [0.3, 0.4) is 0 Å². The van der Waals surface area contributed by atoms with Crippen molar-refractivity contribution in [2.75, 3.05) is 21.3 Å². The topological polar surface area (TPSA) is 27.7 Å². The summed E-state index contributed by atoms with van der Waals surface area (Å²) in [6.45, 7) is 0. The van der Waals surface area contributed by atoms with Gasteiger partial charge in [0.1, 0.15) is 17.4 Å². The average molecular weight is 282 g/mol. The van der Waals surface area contributed by atoms with E-state index in [-0.39, 0.29) is 11.6 Å². The molecule has 0 fully saturated rings. The van der Waals surface area contributed by atoms with E-state index in [0.29, 0.717) is 17.2 Å². The number of benzene rings is 2. The maximum absolute atomic E-state index is 12.5. The minimum absolute atomic E-state index is 0.240. The molecule has 0 radical (unpaired) electrons. The molecule has 0 aliphatic carbocycles. The molecular formula is C15H16F2O3. The zero-order valence-electron chi connectivity index (χ0n) is 11.5. The first-order valence-electron chi connectivity index (χ1n) is 5.77. The van der Waals surface area contributed by atoms with Crippen LogP contribution in [0.1, 0.15) is 0 Å². The highest BCUT2D eigenvalue weighted by Crippen LogP contribution is 2.26. The summed E-state index contributed by atoms with van der Waals surface area (Å²) in [6, 6.07) is 10.00. The fourth-order valence-electron chi connectivity index (χ4n) is 1.38. The van der Waals surface area contributed by atoms with E-state index in [4.69, 9.17) is 14.2 Å². The van der Waals surface area contributed by atoms with Crippen LogP contribution in [0.25, 0.3) is 0 Å². The highest BCUT2D eigenvalue weighted by molar-refractivity contribution is 5.39. The predicted octanol–water partition coefficient (Wildman–Crippen LogP) is 3.68. The lowest BCUT2D eigenvalue weighted by Crippen LogP contribution is -1.90. The zero-order chi connectivity index (χ0) is 15.0. The van der Waals surface area contributed by atoms with Gasteiger partial charge in [-0.3, -0.25) is 0 Å². The van der Waals surface area contributed by atoms with Crippen LogP contribution >= 0.6 is 0 Å². The van der Waals surface area contributed by atoms with Crippen molar-refractivity contribution < 1.29 is 23.0 Å². The van der Waals surface area contributed by atoms with Crippen molar-refractivity contribution in [1.82, 2.24) is 0 Å². The molecule has 0 aromatic heterocycles. The third-order valence-corrected chi connectivity index (χ3v) is 2.39. The van der Waals surface area contributed by atoms with Gasteiger partial charge >= 0.3 is 0 Å². The highest BCUT2D eigenvalue weighted by Gasteiger charge is 2.02. The number of hydrogen-bond donors (Lipinski definition) is 0. The van der Waals surface area contributed by atoms with Gasteiger partial charge in [-0.1, -0.05) is 0 Å². The zero-order valence-corrected chi connectivity index (χ0v) is 11.5. The van der Waals surface area contributed by atoms with Gasteiger partial charge in [0, 0.05) is 6.07 Å². The molecule has 0 amide bonds. The van der Waals surface area contributed by atoms with Gasteiger partial charge in [-0.2, -0.15) is 0 Å². The average Bonchev–Trinajstić information content (AvgIpc) is 2.48. The van der Waals surface area contributed by atoms with Crippen molar-refractivity contribution in [3.05, 3.63) is 54.1 Å². The first-order valence-corrected chi connectivity index (χ1v) is 5.77. The molecule has 3 nitrogen and oxygen atoms in total. The summed E-state index contributed by atoms with van der Waals surface area (Å²) < 4.78 is 39.3. The van der Waals surface area contributed by atoms with Gasteiger partial charge in [-0.15, -0.1) is 0 Å². The van der Waals surface area contributed by atoms with Gasteiger partial charge in [-0.05, 0) is 36.4 Å². The van der Waals surface area contributed by atoms with Crippen molar-refractivity contribution in [3.8, 4) is 17.2 Å². The first kappa shape index (κ1) is 15.8. The molecule has 0 unspecified atom stereocenters. The lowest BCUT2D eigenvalue weighted by molar-refractivity contribution is 0.352. The summed E-state index contributed by atoms with van der Waals surface area (Å²) in [6.07, 6.45) is 0. The van der Waals surface area contributed by atoms with Gasteiger partial charge in [0.2, 0.25) is 0 Å². The normalized spacial score (nSPS) is 9.25. The maximum atomic E-state index is 12.5. The fourth-order valence-corrected chi connectivity index (χ4v) is 1.38. The van der Waals surface area contributed by atoms with Gasteiger partial charge in [0.25, 0.3) is 0 Å². The molecular weight excluding hydrogens is 266 g/mol. The minimum Gasteiger partial charge on any atom is -0.497 e. The van der Waals surface area contributed by atoms with Crippen molar-refractivity contribution in [3.63, 3.8) is 0 Å². The van der Waals surface area contributed by atoms with Crippen LogP contribution in [0, 0.1) is 11.6 Å².